The summed E-state index contributed by atoms with van der Waals surface area (Å²) in [6.07, 6.45) is 5.43. The summed E-state index contributed by atoms with van der Waals surface area (Å²) in [5.74, 6) is -0.505. The van der Waals surface area contributed by atoms with Crippen molar-refractivity contribution in [2.24, 2.45) is 0 Å². The molecule has 1 heterocycles. The molecule has 0 aliphatic rings. The Morgan fingerprint density at radius 3 is 2.61 bits per heavy atom. The van der Waals surface area contributed by atoms with Crippen LogP contribution < -0.4 is 16.0 Å². The van der Waals surface area contributed by atoms with Gasteiger partial charge in [-0.15, -0.1) is 0 Å². The first-order valence-electron chi connectivity index (χ1n) is 11.9. The normalized spacial score (nSPS) is 11.1. The highest BCUT2D eigenvalue weighted by Crippen LogP contribution is 2.22. The zero-order valence-corrected chi connectivity index (χ0v) is 20.9. The van der Waals surface area contributed by atoms with E-state index in [2.05, 4.69) is 37.7 Å². The van der Waals surface area contributed by atoms with Crippen LogP contribution >= 0.6 is 0 Å². The molecule has 0 unspecified atom stereocenters. The lowest BCUT2D eigenvalue weighted by molar-refractivity contribution is -0.111. The summed E-state index contributed by atoms with van der Waals surface area (Å²) in [7, 11) is 1.98. The number of hydrogen-bond donors (Lipinski definition) is 3. The number of carbonyl (C=O) groups is 1. The van der Waals surface area contributed by atoms with Gasteiger partial charge in [-0.2, -0.15) is 4.98 Å². The van der Waals surface area contributed by atoms with Crippen LogP contribution in [0.25, 0.3) is 0 Å². The molecule has 2 aromatic carbocycles. The van der Waals surface area contributed by atoms with Crippen molar-refractivity contribution in [1.82, 2.24) is 14.9 Å². The van der Waals surface area contributed by atoms with Crippen LogP contribution in [0, 0.1) is 12.7 Å². The Labute approximate surface area is 211 Å². The summed E-state index contributed by atoms with van der Waals surface area (Å²) in [4.78, 5) is 22.7. The summed E-state index contributed by atoms with van der Waals surface area (Å²) in [5, 5.41) is 8.87. The van der Waals surface area contributed by atoms with E-state index in [9.17, 15) is 9.18 Å². The predicted octanol–water partition coefficient (Wildman–Crippen LogP) is 5.26. The van der Waals surface area contributed by atoms with E-state index in [0.717, 1.165) is 37.0 Å². The number of nitrogens with zero attached hydrogens (tertiary/aromatic N) is 3. The van der Waals surface area contributed by atoms with Crippen LogP contribution in [0.3, 0.4) is 0 Å². The maximum absolute atomic E-state index is 14.3. The van der Waals surface area contributed by atoms with Crippen molar-refractivity contribution in [1.29, 1.82) is 0 Å². The van der Waals surface area contributed by atoms with Gasteiger partial charge in [0.1, 0.15) is 0 Å². The van der Waals surface area contributed by atoms with Gasteiger partial charge in [0, 0.05) is 42.8 Å². The second-order valence-corrected chi connectivity index (χ2v) is 8.36. The monoisotopic (exact) mass is 492 g/mol. The molecular formula is C27H33FN6O2. The Bertz CT molecular complexity index is 1170. The standard InChI is InChI=1S/C27H33FN6O2/c1-4-15-36-16-14-34(3)13-7-12-25(35)30-22-10-6-11-23(18-22)32-27-29-19-24(28)26(33-27)31-21-9-5-8-20(2)17-21/h5-12,17-19H,4,13-16H2,1-3H3,(H,30,35)(H2,29,31,32,33)/b12-7+. The molecule has 3 aromatic rings. The van der Waals surface area contributed by atoms with Gasteiger partial charge in [-0.3, -0.25) is 4.79 Å². The minimum atomic E-state index is -0.561. The van der Waals surface area contributed by atoms with Crippen molar-refractivity contribution >= 4 is 34.7 Å². The molecule has 8 nitrogen and oxygen atoms in total. The maximum Gasteiger partial charge on any atom is 0.248 e. The third-order valence-electron chi connectivity index (χ3n) is 5.06. The molecule has 0 aliphatic heterocycles. The van der Waals surface area contributed by atoms with Crippen molar-refractivity contribution in [3.8, 4) is 0 Å². The fourth-order valence-corrected chi connectivity index (χ4v) is 3.26. The number of amides is 1. The number of carbonyl (C=O) groups excluding carboxylic acids is 1. The van der Waals surface area contributed by atoms with Crippen LogP contribution in [0.1, 0.15) is 18.9 Å². The molecule has 0 bridgehead atoms. The number of hydrogen-bond acceptors (Lipinski definition) is 7. The zero-order valence-electron chi connectivity index (χ0n) is 20.9. The minimum Gasteiger partial charge on any atom is -0.380 e. The van der Waals surface area contributed by atoms with Crippen molar-refractivity contribution in [3.63, 3.8) is 0 Å². The first-order chi connectivity index (χ1) is 17.4. The molecule has 0 atom stereocenters. The number of rotatable bonds is 13. The van der Waals surface area contributed by atoms with Gasteiger partial charge < -0.3 is 25.6 Å². The van der Waals surface area contributed by atoms with Crippen LogP contribution in [0.2, 0.25) is 0 Å². The second-order valence-electron chi connectivity index (χ2n) is 8.36. The molecule has 0 spiro atoms. The molecule has 3 N–H and O–H groups in total. The smallest absolute Gasteiger partial charge is 0.248 e. The average Bonchev–Trinajstić information content (AvgIpc) is 2.84. The Hall–Kier alpha value is -3.82. The number of aromatic nitrogens is 2. The van der Waals surface area contributed by atoms with E-state index in [-0.39, 0.29) is 17.7 Å². The molecule has 190 valence electrons. The third-order valence-corrected chi connectivity index (χ3v) is 5.06. The highest BCUT2D eigenvalue weighted by Gasteiger charge is 2.09. The van der Waals surface area contributed by atoms with Gasteiger partial charge in [-0.25, -0.2) is 9.37 Å². The highest BCUT2D eigenvalue weighted by molar-refractivity contribution is 5.99. The van der Waals surface area contributed by atoms with E-state index >= 15 is 0 Å². The van der Waals surface area contributed by atoms with Gasteiger partial charge in [0.05, 0.1) is 12.8 Å². The number of anilines is 5. The maximum atomic E-state index is 14.3. The van der Waals surface area contributed by atoms with E-state index in [1.54, 1.807) is 24.3 Å². The van der Waals surface area contributed by atoms with Gasteiger partial charge in [-0.05, 0) is 56.3 Å². The number of benzene rings is 2. The number of halogens is 1. The number of ether oxygens (including phenoxy) is 1. The van der Waals surface area contributed by atoms with Gasteiger partial charge in [0.25, 0.3) is 0 Å². The first kappa shape index (κ1) is 26.8. The van der Waals surface area contributed by atoms with E-state index in [0.29, 0.717) is 24.5 Å². The fraction of sp³-hybridized carbons (Fsp3) is 0.296. The Morgan fingerprint density at radius 1 is 1.08 bits per heavy atom. The SMILES string of the molecule is CCCOCCN(C)C/C=C/C(=O)Nc1cccc(Nc2ncc(F)c(Nc3cccc(C)c3)n2)c1. The van der Waals surface area contributed by atoms with Crippen molar-refractivity contribution in [2.75, 3.05) is 49.3 Å². The lowest BCUT2D eigenvalue weighted by atomic mass is 10.2. The average molecular weight is 493 g/mol. The summed E-state index contributed by atoms with van der Waals surface area (Å²) >= 11 is 0. The van der Waals surface area contributed by atoms with Crippen LogP contribution in [-0.2, 0) is 9.53 Å². The third kappa shape index (κ3) is 9.09. The van der Waals surface area contributed by atoms with E-state index in [4.69, 9.17) is 4.74 Å². The fourth-order valence-electron chi connectivity index (χ4n) is 3.26. The lowest BCUT2D eigenvalue weighted by Crippen LogP contribution is -2.23. The first-order valence-corrected chi connectivity index (χ1v) is 11.9. The summed E-state index contributed by atoms with van der Waals surface area (Å²) < 4.78 is 19.7. The molecule has 0 saturated heterocycles. The van der Waals surface area contributed by atoms with Gasteiger partial charge in [0.2, 0.25) is 11.9 Å². The molecule has 0 radical (unpaired) electrons. The summed E-state index contributed by atoms with van der Waals surface area (Å²) in [6.45, 7) is 6.91. The van der Waals surface area contributed by atoms with E-state index in [1.807, 2.05) is 44.3 Å². The Morgan fingerprint density at radius 2 is 1.83 bits per heavy atom. The highest BCUT2D eigenvalue weighted by atomic mass is 19.1. The molecule has 36 heavy (non-hydrogen) atoms. The van der Waals surface area contributed by atoms with Gasteiger partial charge in [0.15, 0.2) is 11.6 Å². The Kier molecular flexibility index (Phi) is 10.3. The van der Waals surface area contributed by atoms with Crippen LogP contribution in [0.15, 0.2) is 66.9 Å². The number of aryl methyl sites for hydroxylation is 1. The van der Waals surface area contributed by atoms with Crippen LogP contribution in [0.5, 0.6) is 0 Å². The largest absolute Gasteiger partial charge is 0.380 e. The molecule has 0 aliphatic carbocycles. The van der Waals surface area contributed by atoms with Crippen molar-refractivity contribution < 1.29 is 13.9 Å². The quantitative estimate of drug-likeness (QED) is 0.221. The van der Waals surface area contributed by atoms with Crippen LogP contribution in [-0.4, -0.2) is 54.1 Å². The lowest BCUT2D eigenvalue weighted by Gasteiger charge is -2.14. The predicted molar refractivity (Wildman–Crippen MR) is 143 cm³/mol. The number of likely N-dealkylation sites (N-methyl/N-ethyl adjacent to an activating group) is 1. The Balaban J connectivity index is 1.55. The molecular weight excluding hydrogens is 459 g/mol. The molecule has 1 amide bonds. The minimum absolute atomic E-state index is 0.0644. The zero-order chi connectivity index (χ0) is 25.8. The second kappa shape index (κ2) is 13.9. The van der Waals surface area contributed by atoms with Crippen LogP contribution in [0.4, 0.5) is 33.2 Å². The van der Waals surface area contributed by atoms with Crippen molar-refractivity contribution in [2.45, 2.75) is 20.3 Å². The van der Waals surface area contributed by atoms with Gasteiger partial charge >= 0.3 is 0 Å². The summed E-state index contributed by atoms with van der Waals surface area (Å²) in [6, 6.07) is 14.7. The van der Waals surface area contributed by atoms with Crippen molar-refractivity contribution in [3.05, 3.63) is 78.3 Å². The summed E-state index contributed by atoms with van der Waals surface area (Å²) in [5.41, 5.74) is 3.03. The van der Waals surface area contributed by atoms with Gasteiger partial charge in [-0.1, -0.05) is 31.2 Å². The number of nitrogens with one attached hydrogen (secondary N) is 3. The molecule has 3 rings (SSSR count). The topological polar surface area (TPSA) is 91.4 Å². The molecule has 1 aromatic heterocycles. The molecule has 9 heteroatoms. The molecule has 0 saturated carbocycles. The van der Waals surface area contributed by atoms with E-state index < -0.39 is 5.82 Å². The molecule has 0 fully saturated rings. The van der Waals surface area contributed by atoms with E-state index in [1.165, 1.54) is 6.08 Å².